The van der Waals surface area contributed by atoms with E-state index in [1.807, 2.05) is 37.3 Å². The topological polar surface area (TPSA) is 85.9 Å². The minimum Gasteiger partial charge on any atom is -0.490 e. The van der Waals surface area contributed by atoms with Gasteiger partial charge in [0, 0.05) is 5.70 Å². The number of esters is 1. The predicted molar refractivity (Wildman–Crippen MR) is 112 cm³/mol. The van der Waals surface area contributed by atoms with Crippen molar-refractivity contribution in [1.29, 1.82) is 0 Å². The van der Waals surface area contributed by atoms with Crippen LogP contribution in [0.15, 0.2) is 60.8 Å². The quantitative estimate of drug-likeness (QED) is 0.648. The van der Waals surface area contributed by atoms with Crippen molar-refractivity contribution in [1.82, 2.24) is 10.6 Å². The molecule has 1 heterocycles. The van der Waals surface area contributed by atoms with Gasteiger partial charge < -0.3 is 24.8 Å². The number of benzene rings is 2. The number of nitrogens with one attached hydrogen (secondary N) is 2. The van der Waals surface area contributed by atoms with E-state index >= 15 is 0 Å². The zero-order chi connectivity index (χ0) is 21.5. The van der Waals surface area contributed by atoms with Crippen LogP contribution in [-0.2, 0) is 16.1 Å². The number of amides is 2. The Morgan fingerprint density at radius 3 is 2.50 bits per heavy atom. The molecule has 2 atom stereocenters. The lowest BCUT2D eigenvalue weighted by Gasteiger charge is -2.33. The van der Waals surface area contributed by atoms with E-state index in [9.17, 15) is 9.59 Å². The van der Waals surface area contributed by atoms with Gasteiger partial charge in [0.15, 0.2) is 11.5 Å². The Morgan fingerprint density at radius 1 is 1.03 bits per heavy atom. The fraction of sp³-hybridized carbons (Fsp3) is 0.304. The Kier molecular flexibility index (Phi) is 6.95. The predicted octanol–water partition coefficient (Wildman–Crippen LogP) is 3.71. The van der Waals surface area contributed by atoms with Gasteiger partial charge in [0.05, 0.1) is 19.3 Å². The van der Waals surface area contributed by atoms with E-state index in [4.69, 9.17) is 14.2 Å². The number of urea groups is 1. The second kappa shape index (κ2) is 9.82. The summed E-state index contributed by atoms with van der Waals surface area (Å²) in [4.78, 5) is 24.5. The van der Waals surface area contributed by atoms with Crippen molar-refractivity contribution in [3.8, 4) is 11.5 Å². The number of ether oxygens (including phenoxy) is 3. The van der Waals surface area contributed by atoms with Gasteiger partial charge in [0.2, 0.25) is 0 Å². The molecule has 1 saturated heterocycles. The molecule has 0 aliphatic carbocycles. The first-order chi connectivity index (χ1) is 14.5. The summed E-state index contributed by atoms with van der Waals surface area (Å²) in [6.45, 7) is 8.52. The molecule has 0 radical (unpaired) electrons. The first-order valence-corrected chi connectivity index (χ1v) is 9.89. The molecule has 1 aliphatic heterocycles. The lowest BCUT2D eigenvalue weighted by Crippen LogP contribution is -2.51. The van der Waals surface area contributed by atoms with Gasteiger partial charge in [-0.05, 0) is 37.1 Å². The molecule has 0 unspecified atom stereocenters. The molecule has 7 nitrogen and oxygen atoms in total. The Hall–Kier alpha value is -3.48. The molecule has 0 spiro atoms. The van der Waals surface area contributed by atoms with E-state index < -0.39 is 24.0 Å². The molecular weight excluding hydrogens is 384 g/mol. The summed E-state index contributed by atoms with van der Waals surface area (Å²) in [7, 11) is 0. The Labute approximate surface area is 176 Å². The Balaban J connectivity index is 1.88. The molecule has 158 valence electrons. The van der Waals surface area contributed by atoms with Gasteiger partial charge in [0.1, 0.15) is 12.5 Å². The van der Waals surface area contributed by atoms with E-state index in [0.29, 0.717) is 36.0 Å². The number of rotatable bonds is 8. The lowest BCUT2D eigenvalue weighted by molar-refractivity contribution is -0.147. The average Bonchev–Trinajstić information content (AvgIpc) is 2.73. The zero-order valence-corrected chi connectivity index (χ0v) is 17.1. The van der Waals surface area contributed by atoms with E-state index in [-0.39, 0.29) is 6.61 Å². The van der Waals surface area contributed by atoms with Crippen LogP contribution in [-0.4, -0.2) is 25.2 Å². The molecule has 7 heteroatoms. The van der Waals surface area contributed by atoms with Crippen molar-refractivity contribution in [2.45, 2.75) is 26.5 Å². The van der Waals surface area contributed by atoms with Crippen LogP contribution in [0, 0.1) is 5.92 Å². The SMILES string of the molecule is C=C1NC(=O)N[C@H](c2ccc(OCc3ccccc3)c(OCC)c2)[C@H]1C(=O)OCC. The third kappa shape index (κ3) is 4.92. The first kappa shape index (κ1) is 21.2. The number of hydrogen-bond donors (Lipinski definition) is 2. The van der Waals surface area contributed by atoms with Gasteiger partial charge in [-0.3, -0.25) is 4.79 Å². The highest BCUT2D eigenvalue weighted by Crippen LogP contribution is 2.36. The van der Waals surface area contributed by atoms with E-state index in [1.54, 1.807) is 25.1 Å². The smallest absolute Gasteiger partial charge is 0.319 e. The van der Waals surface area contributed by atoms with Crippen molar-refractivity contribution in [2.24, 2.45) is 5.92 Å². The monoisotopic (exact) mass is 410 g/mol. The zero-order valence-electron chi connectivity index (χ0n) is 17.1. The first-order valence-electron chi connectivity index (χ1n) is 9.89. The van der Waals surface area contributed by atoms with Crippen LogP contribution < -0.4 is 20.1 Å². The molecule has 0 saturated carbocycles. The lowest BCUT2D eigenvalue weighted by atomic mass is 9.89. The highest BCUT2D eigenvalue weighted by Gasteiger charge is 2.39. The molecule has 3 rings (SSSR count). The average molecular weight is 410 g/mol. The summed E-state index contributed by atoms with van der Waals surface area (Å²) < 4.78 is 16.9. The summed E-state index contributed by atoms with van der Waals surface area (Å²) >= 11 is 0. The molecule has 0 aromatic heterocycles. The maximum absolute atomic E-state index is 12.5. The van der Waals surface area contributed by atoms with E-state index in [0.717, 1.165) is 5.56 Å². The minimum atomic E-state index is -0.756. The maximum atomic E-state index is 12.5. The second-order valence-corrected chi connectivity index (χ2v) is 6.74. The van der Waals surface area contributed by atoms with Crippen molar-refractivity contribution in [3.63, 3.8) is 0 Å². The van der Waals surface area contributed by atoms with Crippen LogP contribution in [0.3, 0.4) is 0 Å². The number of carbonyl (C=O) groups excluding carboxylic acids is 2. The van der Waals surface area contributed by atoms with Gasteiger partial charge in [0.25, 0.3) is 0 Å². The summed E-state index contributed by atoms with van der Waals surface area (Å²) in [5.74, 6) is -0.0984. The number of hydrogen-bond acceptors (Lipinski definition) is 5. The second-order valence-electron chi connectivity index (χ2n) is 6.74. The molecular formula is C23H26N2O5. The molecule has 2 N–H and O–H groups in total. The fourth-order valence-corrected chi connectivity index (χ4v) is 3.31. The van der Waals surface area contributed by atoms with Crippen LogP contribution in [0.25, 0.3) is 0 Å². The van der Waals surface area contributed by atoms with Gasteiger partial charge in [-0.25, -0.2) is 4.79 Å². The van der Waals surface area contributed by atoms with Gasteiger partial charge in [-0.2, -0.15) is 0 Å². The van der Waals surface area contributed by atoms with Crippen LogP contribution in [0.4, 0.5) is 4.79 Å². The summed E-state index contributed by atoms with van der Waals surface area (Å²) in [6, 6.07) is 14.1. The summed E-state index contributed by atoms with van der Waals surface area (Å²) in [5, 5.41) is 5.35. The Morgan fingerprint density at radius 2 is 1.80 bits per heavy atom. The summed E-state index contributed by atoms with van der Waals surface area (Å²) in [6.07, 6.45) is 0. The van der Waals surface area contributed by atoms with E-state index in [1.165, 1.54) is 0 Å². The van der Waals surface area contributed by atoms with Crippen molar-refractivity contribution in [2.75, 3.05) is 13.2 Å². The minimum absolute atomic E-state index is 0.236. The maximum Gasteiger partial charge on any atom is 0.319 e. The highest BCUT2D eigenvalue weighted by atomic mass is 16.5. The fourth-order valence-electron chi connectivity index (χ4n) is 3.31. The van der Waals surface area contributed by atoms with Crippen molar-refractivity contribution >= 4 is 12.0 Å². The molecule has 2 aromatic rings. The molecule has 2 aromatic carbocycles. The largest absolute Gasteiger partial charge is 0.490 e. The van der Waals surface area contributed by atoms with Crippen LogP contribution in [0.1, 0.15) is 31.0 Å². The number of carbonyl (C=O) groups is 2. The highest BCUT2D eigenvalue weighted by molar-refractivity contribution is 5.85. The summed E-state index contributed by atoms with van der Waals surface area (Å²) in [5.41, 5.74) is 2.03. The third-order valence-electron chi connectivity index (χ3n) is 4.67. The third-order valence-corrected chi connectivity index (χ3v) is 4.67. The molecule has 0 bridgehead atoms. The normalized spacial score (nSPS) is 18.2. The van der Waals surface area contributed by atoms with Crippen LogP contribution in [0.2, 0.25) is 0 Å². The molecule has 1 fully saturated rings. The van der Waals surface area contributed by atoms with Crippen LogP contribution >= 0.6 is 0 Å². The molecule has 1 aliphatic rings. The van der Waals surface area contributed by atoms with Gasteiger partial charge >= 0.3 is 12.0 Å². The molecule has 2 amide bonds. The van der Waals surface area contributed by atoms with Gasteiger partial charge in [-0.1, -0.05) is 43.0 Å². The van der Waals surface area contributed by atoms with Crippen LogP contribution in [0.5, 0.6) is 11.5 Å². The molecule has 30 heavy (non-hydrogen) atoms. The Bertz CT molecular complexity index is 913. The standard InChI is InChI=1S/C23H26N2O5/c1-4-28-19-13-17(11-12-18(19)30-14-16-9-7-6-8-10-16)21-20(22(26)29-5-2)15(3)24-23(27)25-21/h6-13,20-21H,3-5,14H2,1-2H3,(H2,24,25,27)/t20-,21+/m0/s1. The van der Waals surface area contributed by atoms with E-state index in [2.05, 4.69) is 17.2 Å². The van der Waals surface area contributed by atoms with Crippen molar-refractivity contribution in [3.05, 3.63) is 71.9 Å². The van der Waals surface area contributed by atoms with Gasteiger partial charge in [-0.15, -0.1) is 0 Å². The van der Waals surface area contributed by atoms with Crippen molar-refractivity contribution < 1.29 is 23.8 Å².